The number of nitrogens with zero attached hydrogens (tertiary/aromatic N) is 2. The van der Waals surface area contributed by atoms with Crippen LogP contribution >= 0.6 is 0 Å². The number of furan rings is 1. The number of hydrogen-bond donors (Lipinski definition) is 2. The van der Waals surface area contributed by atoms with Crippen molar-refractivity contribution < 1.29 is 18.7 Å². The van der Waals surface area contributed by atoms with Crippen molar-refractivity contribution in [3.63, 3.8) is 0 Å². The van der Waals surface area contributed by atoms with Crippen LogP contribution in [-0.4, -0.2) is 48.1 Å². The number of carbonyl (C=O) groups excluding carboxylic acids is 1. The van der Waals surface area contributed by atoms with Gasteiger partial charge in [-0.05, 0) is 24.7 Å². The van der Waals surface area contributed by atoms with Gasteiger partial charge in [-0.3, -0.25) is 14.5 Å². The number of fused-ring (bicyclic) bond motifs is 1. The third-order valence-corrected chi connectivity index (χ3v) is 4.49. The zero-order valence-corrected chi connectivity index (χ0v) is 16.7. The number of rotatable bonds is 9. The number of methoxy groups -OCH3 is 2. The van der Waals surface area contributed by atoms with E-state index in [-0.39, 0.29) is 18.0 Å². The van der Waals surface area contributed by atoms with E-state index < -0.39 is 0 Å². The molecule has 0 unspecified atom stereocenters. The molecule has 1 amide bonds. The van der Waals surface area contributed by atoms with Gasteiger partial charge in [-0.2, -0.15) is 0 Å². The molecule has 2 heterocycles. The van der Waals surface area contributed by atoms with Crippen LogP contribution in [0, 0.1) is 0 Å². The number of ether oxygens (including phenoxy) is 2. The van der Waals surface area contributed by atoms with Crippen molar-refractivity contribution in [1.82, 2.24) is 20.2 Å². The summed E-state index contributed by atoms with van der Waals surface area (Å²) in [4.78, 5) is 33.9. The maximum atomic E-state index is 12.5. The molecule has 29 heavy (non-hydrogen) atoms. The molecule has 0 spiro atoms. The molecule has 9 nitrogen and oxygen atoms in total. The zero-order valence-electron chi connectivity index (χ0n) is 16.7. The van der Waals surface area contributed by atoms with Gasteiger partial charge in [0.25, 0.3) is 5.56 Å². The number of nitrogens with one attached hydrogen (secondary N) is 2. The molecule has 9 heteroatoms. The van der Waals surface area contributed by atoms with Crippen molar-refractivity contribution in [2.45, 2.75) is 20.0 Å². The number of hydrogen-bond acceptors (Lipinski definition) is 7. The van der Waals surface area contributed by atoms with Crippen molar-refractivity contribution in [2.24, 2.45) is 0 Å². The standard InChI is InChI=1S/C20H24N4O5/c1-4-24(12-19(25)21-10-13-6-5-7-29-13)11-18-22-15-9-17(28-3)16(27-2)8-14(15)20(26)23-18/h5-9H,4,10-12H2,1-3H3,(H,21,25)(H,22,23,26). The van der Waals surface area contributed by atoms with Crippen molar-refractivity contribution in [3.05, 3.63) is 52.5 Å². The zero-order chi connectivity index (χ0) is 20.8. The lowest BCUT2D eigenvalue weighted by molar-refractivity contribution is -0.122. The second kappa shape index (κ2) is 9.24. The van der Waals surface area contributed by atoms with E-state index in [9.17, 15) is 9.59 Å². The summed E-state index contributed by atoms with van der Waals surface area (Å²) in [6.07, 6.45) is 1.56. The number of carbonyl (C=O) groups is 1. The van der Waals surface area contributed by atoms with Gasteiger partial charge < -0.3 is 24.2 Å². The van der Waals surface area contributed by atoms with E-state index in [1.165, 1.54) is 14.2 Å². The first kappa shape index (κ1) is 20.4. The molecule has 2 aromatic heterocycles. The molecule has 0 fully saturated rings. The smallest absolute Gasteiger partial charge is 0.258 e. The van der Waals surface area contributed by atoms with Crippen LogP contribution in [0.3, 0.4) is 0 Å². The van der Waals surface area contributed by atoms with Gasteiger partial charge in [-0.15, -0.1) is 0 Å². The van der Waals surface area contributed by atoms with Gasteiger partial charge >= 0.3 is 0 Å². The van der Waals surface area contributed by atoms with E-state index in [4.69, 9.17) is 13.9 Å². The summed E-state index contributed by atoms with van der Waals surface area (Å²) >= 11 is 0. The van der Waals surface area contributed by atoms with E-state index in [0.717, 1.165) is 0 Å². The predicted octanol–water partition coefficient (Wildman–Crippen LogP) is 1.67. The van der Waals surface area contributed by atoms with Crippen molar-refractivity contribution in [2.75, 3.05) is 27.3 Å². The van der Waals surface area contributed by atoms with Crippen LogP contribution in [0.2, 0.25) is 0 Å². The molecule has 0 radical (unpaired) electrons. The van der Waals surface area contributed by atoms with Crippen LogP contribution in [0.1, 0.15) is 18.5 Å². The molecule has 0 aliphatic heterocycles. The Labute approximate surface area is 167 Å². The molecule has 1 aromatic carbocycles. The Balaban J connectivity index is 1.73. The quantitative estimate of drug-likeness (QED) is 0.562. The van der Waals surface area contributed by atoms with Gasteiger partial charge in [0.15, 0.2) is 11.5 Å². The van der Waals surface area contributed by atoms with Gasteiger partial charge in [-0.1, -0.05) is 6.92 Å². The summed E-state index contributed by atoms with van der Waals surface area (Å²) < 4.78 is 15.7. The molecule has 0 bridgehead atoms. The van der Waals surface area contributed by atoms with E-state index in [1.807, 2.05) is 11.8 Å². The fourth-order valence-electron chi connectivity index (χ4n) is 2.94. The normalized spacial score (nSPS) is 11.0. The van der Waals surface area contributed by atoms with Gasteiger partial charge in [0.1, 0.15) is 11.6 Å². The van der Waals surface area contributed by atoms with Gasteiger partial charge in [0.2, 0.25) is 5.91 Å². The minimum Gasteiger partial charge on any atom is -0.493 e. The molecule has 2 N–H and O–H groups in total. The molecular formula is C20H24N4O5. The van der Waals surface area contributed by atoms with Crippen LogP contribution in [0.25, 0.3) is 10.9 Å². The van der Waals surface area contributed by atoms with Gasteiger partial charge in [-0.25, -0.2) is 4.98 Å². The predicted molar refractivity (Wildman–Crippen MR) is 107 cm³/mol. The van der Waals surface area contributed by atoms with Crippen LogP contribution < -0.4 is 20.3 Å². The summed E-state index contributed by atoms with van der Waals surface area (Å²) in [6.45, 7) is 3.37. The summed E-state index contributed by atoms with van der Waals surface area (Å²) in [5.74, 6) is 1.97. The monoisotopic (exact) mass is 400 g/mol. The average Bonchev–Trinajstić information content (AvgIpc) is 3.24. The number of aromatic nitrogens is 2. The Morgan fingerprint density at radius 3 is 2.69 bits per heavy atom. The first-order valence-electron chi connectivity index (χ1n) is 9.20. The molecule has 3 aromatic rings. The Kier molecular flexibility index (Phi) is 6.50. The number of amides is 1. The number of likely N-dealkylation sites (N-methyl/N-ethyl adjacent to an activating group) is 1. The third-order valence-electron chi connectivity index (χ3n) is 4.49. The highest BCUT2D eigenvalue weighted by molar-refractivity contribution is 5.82. The van der Waals surface area contributed by atoms with E-state index in [1.54, 1.807) is 30.5 Å². The molecule has 0 saturated carbocycles. The topological polar surface area (TPSA) is 110 Å². The summed E-state index contributed by atoms with van der Waals surface area (Å²) in [5.41, 5.74) is 0.226. The summed E-state index contributed by atoms with van der Waals surface area (Å²) in [5, 5.41) is 3.22. The highest BCUT2D eigenvalue weighted by atomic mass is 16.5. The molecule has 0 saturated heterocycles. The third kappa shape index (κ3) is 4.94. The fraction of sp³-hybridized carbons (Fsp3) is 0.350. The second-order valence-corrected chi connectivity index (χ2v) is 6.40. The van der Waals surface area contributed by atoms with E-state index in [2.05, 4.69) is 15.3 Å². The summed E-state index contributed by atoms with van der Waals surface area (Å²) in [6, 6.07) is 6.83. The minimum atomic E-state index is -0.274. The number of aromatic amines is 1. The summed E-state index contributed by atoms with van der Waals surface area (Å²) in [7, 11) is 3.04. The van der Waals surface area contributed by atoms with Crippen molar-refractivity contribution in [3.8, 4) is 11.5 Å². The van der Waals surface area contributed by atoms with E-state index >= 15 is 0 Å². The number of benzene rings is 1. The number of H-pyrrole nitrogens is 1. The van der Waals surface area contributed by atoms with Gasteiger partial charge in [0, 0.05) is 6.07 Å². The lowest BCUT2D eigenvalue weighted by Crippen LogP contribution is -2.37. The lowest BCUT2D eigenvalue weighted by Gasteiger charge is -2.19. The molecule has 154 valence electrons. The second-order valence-electron chi connectivity index (χ2n) is 6.40. The van der Waals surface area contributed by atoms with Gasteiger partial charge in [0.05, 0.1) is 51.0 Å². The maximum Gasteiger partial charge on any atom is 0.258 e. The SMILES string of the molecule is CCN(CC(=O)NCc1ccco1)Cc1nc2cc(OC)c(OC)cc2c(=O)[nH]1. The molecule has 0 aliphatic carbocycles. The largest absolute Gasteiger partial charge is 0.493 e. The Morgan fingerprint density at radius 1 is 1.28 bits per heavy atom. The van der Waals surface area contributed by atoms with Crippen LogP contribution in [0.4, 0.5) is 0 Å². The fourth-order valence-corrected chi connectivity index (χ4v) is 2.94. The highest BCUT2D eigenvalue weighted by Gasteiger charge is 2.14. The molecule has 0 atom stereocenters. The maximum absolute atomic E-state index is 12.5. The average molecular weight is 400 g/mol. The Bertz CT molecular complexity index is 1030. The van der Waals surface area contributed by atoms with Crippen molar-refractivity contribution in [1.29, 1.82) is 0 Å². The molecule has 3 rings (SSSR count). The van der Waals surface area contributed by atoms with Crippen LogP contribution in [0.15, 0.2) is 39.7 Å². The first-order valence-corrected chi connectivity index (χ1v) is 9.20. The lowest BCUT2D eigenvalue weighted by atomic mass is 10.2. The minimum absolute atomic E-state index is 0.141. The molecule has 0 aliphatic rings. The first-order chi connectivity index (χ1) is 14.0. The van der Waals surface area contributed by atoms with Crippen LogP contribution in [0.5, 0.6) is 11.5 Å². The highest BCUT2D eigenvalue weighted by Crippen LogP contribution is 2.29. The Morgan fingerprint density at radius 2 is 2.03 bits per heavy atom. The Hall–Kier alpha value is -3.33. The van der Waals surface area contributed by atoms with Crippen molar-refractivity contribution >= 4 is 16.8 Å². The molecular weight excluding hydrogens is 376 g/mol. The van der Waals surface area contributed by atoms with Crippen LogP contribution in [-0.2, 0) is 17.9 Å². The van der Waals surface area contributed by atoms with E-state index in [0.29, 0.717) is 53.6 Å².